The van der Waals surface area contributed by atoms with Crippen LogP contribution in [0.25, 0.3) is 16.7 Å². The Morgan fingerprint density at radius 3 is 2.67 bits per heavy atom. The number of ether oxygens (including phenoxy) is 1. The molecule has 2 heterocycles. The second-order valence-electron chi connectivity index (χ2n) is 9.92. The van der Waals surface area contributed by atoms with Crippen LogP contribution in [0.3, 0.4) is 0 Å². The van der Waals surface area contributed by atoms with Crippen molar-refractivity contribution < 1.29 is 18.7 Å². The molecule has 2 amide bonds. The van der Waals surface area contributed by atoms with E-state index in [1.165, 1.54) is 4.90 Å². The third-order valence-corrected chi connectivity index (χ3v) is 6.15. The fourth-order valence-corrected chi connectivity index (χ4v) is 4.56. The van der Waals surface area contributed by atoms with Crippen LogP contribution in [0.15, 0.2) is 41.4 Å². The zero-order valence-electron chi connectivity index (χ0n) is 21.1. The molecular formula is C26H29ClFN5O3. The summed E-state index contributed by atoms with van der Waals surface area (Å²) in [6.07, 6.45) is -0.820. The minimum atomic E-state index is -1.27. The number of carbonyl (C=O) groups is 2. The Kier molecular flexibility index (Phi) is 6.55. The van der Waals surface area contributed by atoms with E-state index in [0.717, 1.165) is 0 Å². The summed E-state index contributed by atoms with van der Waals surface area (Å²) in [7, 11) is 0. The molecule has 3 aromatic rings. The maximum Gasteiger partial charge on any atom is 0.414 e. The number of hydrogen-bond acceptors (Lipinski definition) is 5. The fourth-order valence-electron chi connectivity index (χ4n) is 4.39. The highest BCUT2D eigenvalue weighted by Gasteiger charge is 2.41. The zero-order chi connectivity index (χ0) is 26.4. The molecule has 4 rings (SSSR count). The molecule has 190 valence electrons. The van der Waals surface area contributed by atoms with Gasteiger partial charge in [0.05, 0.1) is 28.7 Å². The largest absolute Gasteiger partial charge is 0.444 e. The van der Waals surface area contributed by atoms with E-state index in [0.29, 0.717) is 21.9 Å². The summed E-state index contributed by atoms with van der Waals surface area (Å²) in [5, 5.41) is 3.08. The smallest absolute Gasteiger partial charge is 0.414 e. The van der Waals surface area contributed by atoms with E-state index in [4.69, 9.17) is 16.3 Å². The van der Waals surface area contributed by atoms with Gasteiger partial charge < -0.3 is 4.74 Å². The first kappa shape index (κ1) is 25.6. The molecular weight excluding hydrogens is 485 g/mol. The van der Waals surface area contributed by atoms with E-state index >= 15 is 4.39 Å². The number of aromatic nitrogens is 2. The van der Waals surface area contributed by atoms with Gasteiger partial charge in [0.1, 0.15) is 11.4 Å². The third-order valence-electron chi connectivity index (χ3n) is 5.92. The van der Waals surface area contributed by atoms with Crippen LogP contribution in [0.5, 0.6) is 0 Å². The first-order chi connectivity index (χ1) is 16.8. The number of amides is 2. The first-order valence-electron chi connectivity index (χ1n) is 11.7. The number of halogens is 2. The Morgan fingerprint density at radius 1 is 1.28 bits per heavy atom. The predicted molar refractivity (Wildman–Crippen MR) is 137 cm³/mol. The van der Waals surface area contributed by atoms with Crippen LogP contribution in [-0.4, -0.2) is 44.6 Å². The SMILES string of the molecule is CCN1C(=O)C[C@@](C)(c2cccc(-n3c(C)nc4ccc(Cl)cc43)c2F)N=C1NC(=O)OC(C)(C)C. The van der Waals surface area contributed by atoms with Gasteiger partial charge in [0, 0.05) is 17.1 Å². The van der Waals surface area contributed by atoms with Crippen molar-refractivity contribution in [2.45, 2.75) is 59.1 Å². The Bertz CT molecular complexity index is 1390. The van der Waals surface area contributed by atoms with E-state index in [9.17, 15) is 9.59 Å². The number of guanidine groups is 1. The molecule has 1 aromatic heterocycles. The van der Waals surface area contributed by atoms with Gasteiger partial charge >= 0.3 is 6.09 Å². The van der Waals surface area contributed by atoms with E-state index in [1.54, 1.807) is 82.5 Å². The van der Waals surface area contributed by atoms with E-state index in [-0.39, 0.29) is 36.1 Å². The standard InChI is InChI=1S/C26H29ClFN5O3/c1-7-32-21(34)14-26(6,31-23(32)30-24(35)36-25(3,4)5)17-9-8-10-19(22(17)28)33-15(2)29-18-12-11-16(27)13-20(18)33/h8-13H,7,14H2,1-6H3,(H,30,31,35)/t26-/m0/s1. The predicted octanol–water partition coefficient (Wildman–Crippen LogP) is 5.47. The maximum atomic E-state index is 16.2. The number of fused-ring (bicyclic) bond motifs is 1. The Labute approximate surface area is 214 Å². The lowest BCUT2D eigenvalue weighted by molar-refractivity contribution is -0.129. The van der Waals surface area contributed by atoms with Crippen LogP contribution < -0.4 is 5.32 Å². The number of imidazole rings is 1. The van der Waals surface area contributed by atoms with Crippen molar-refractivity contribution in [3.05, 3.63) is 58.6 Å². The molecule has 0 fully saturated rings. The number of carbonyl (C=O) groups excluding carboxylic acids is 2. The van der Waals surface area contributed by atoms with Crippen molar-refractivity contribution in [2.24, 2.45) is 4.99 Å². The molecule has 1 aliphatic rings. The Balaban J connectivity index is 1.82. The number of aliphatic imine (C=N–C) groups is 1. The summed E-state index contributed by atoms with van der Waals surface area (Å²) < 4.78 is 23.2. The van der Waals surface area contributed by atoms with Crippen LogP contribution in [0.1, 0.15) is 52.4 Å². The minimum Gasteiger partial charge on any atom is -0.444 e. The van der Waals surface area contributed by atoms with Gasteiger partial charge in [-0.15, -0.1) is 0 Å². The molecule has 1 atom stereocenters. The molecule has 2 aromatic carbocycles. The molecule has 0 unspecified atom stereocenters. The van der Waals surface area contributed by atoms with Crippen LogP contribution in [0.2, 0.25) is 5.02 Å². The monoisotopic (exact) mass is 513 g/mol. The van der Waals surface area contributed by atoms with Crippen molar-refractivity contribution in [1.82, 2.24) is 19.8 Å². The lowest BCUT2D eigenvalue weighted by Gasteiger charge is -2.36. The van der Waals surface area contributed by atoms with Gasteiger partial charge in [0.2, 0.25) is 11.9 Å². The zero-order valence-corrected chi connectivity index (χ0v) is 21.9. The Morgan fingerprint density at radius 2 is 2.00 bits per heavy atom. The van der Waals surface area contributed by atoms with Crippen molar-refractivity contribution in [3.8, 4) is 5.69 Å². The lowest BCUT2D eigenvalue weighted by atomic mass is 9.86. The molecule has 1 N–H and O–H groups in total. The summed E-state index contributed by atoms with van der Waals surface area (Å²) in [5.74, 6) is -0.227. The third kappa shape index (κ3) is 4.80. The molecule has 8 nitrogen and oxygen atoms in total. The molecule has 0 saturated carbocycles. The van der Waals surface area contributed by atoms with Crippen molar-refractivity contribution in [2.75, 3.05) is 6.54 Å². The summed E-state index contributed by atoms with van der Waals surface area (Å²) in [4.78, 5) is 36.1. The van der Waals surface area contributed by atoms with Gasteiger partial charge in [0.25, 0.3) is 0 Å². The molecule has 10 heteroatoms. The summed E-state index contributed by atoms with van der Waals surface area (Å²) >= 11 is 6.20. The average Bonchev–Trinajstić information content (AvgIpc) is 3.07. The van der Waals surface area contributed by atoms with E-state index in [1.807, 2.05) is 0 Å². The van der Waals surface area contributed by atoms with Gasteiger partial charge in [-0.2, -0.15) is 0 Å². The topological polar surface area (TPSA) is 88.8 Å². The number of hydrogen-bond donors (Lipinski definition) is 1. The van der Waals surface area contributed by atoms with Crippen molar-refractivity contribution >= 4 is 40.6 Å². The number of rotatable bonds is 3. The molecule has 0 radical (unpaired) electrons. The number of aryl methyl sites for hydroxylation is 1. The molecule has 0 saturated heterocycles. The highest BCUT2D eigenvalue weighted by molar-refractivity contribution is 6.31. The summed E-state index contributed by atoms with van der Waals surface area (Å²) in [6, 6.07) is 10.2. The van der Waals surface area contributed by atoms with Crippen molar-refractivity contribution in [1.29, 1.82) is 0 Å². The minimum absolute atomic E-state index is 0.0198. The highest BCUT2D eigenvalue weighted by atomic mass is 35.5. The van der Waals surface area contributed by atoms with E-state index in [2.05, 4.69) is 15.3 Å². The molecule has 36 heavy (non-hydrogen) atoms. The lowest BCUT2D eigenvalue weighted by Crippen LogP contribution is -2.53. The Hall–Kier alpha value is -3.46. The molecule has 1 aliphatic heterocycles. The normalized spacial score (nSPS) is 18.4. The van der Waals surface area contributed by atoms with Crippen molar-refractivity contribution in [3.63, 3.8) is 0 Å². The molecule has 0 bridgehead atoms. The summed E-state index contributed by atoms with van der Waals surface area (Å²) in [5.41, 5.74) is -0.183. The summed E-state index contributed by atoms with van der Waals surface area (Å²) in [6.45, 7) is 10.7. The van der Waals surface area contributed by atoms with Crippen LogP contribution in [0.4, 0.5) is 9.18 Å². The van der Waals surface area contributed by atoms with Crippen LogP contribution in [-0.2, 0) is 15.1 Å². The van der Waals surface area contributed by atoms with Gasteiger partial charge in [-0.25, -0.2) is 19.2 Å². The molecule has 0 aliphatic carbocycles. The second kappa shape index (κ2) is 9.20. The van der Waals surface area contributed by atoms with E-state index < -0.39 is 23.1 Å². The van der Waals surface area contributed by atoms with Gasteiger partial charge in [0.15, 0.2) is 5.82 Å². The second-order valence-corrected chi connectivity index (χ2v) is 10.4. The fraction of sp³-hybridized carbons (Fsp3) is 0.385. The quantitative estimate of drug-likeness (QED) is 0.502. The number of nitrogens with one attached hydrogen (secondary N) is 1. The number of alkyl carbamates (subject to hydrolysis) is 1. The van der Waals surface area contributed by atoms with Gasteiger partial charge in [-0.05, 0) is 65.8 Å². The van der Waals surface area contributed by atoms with Gasteiger partial charge in [-0.1, -0.05) is 23.7 Å². The highest BCUT2D eigenvalue weighted by Crippen LogP contribution is 2.37. The maximum absolute atomic E-state index is 16.2. The average molecular weight is 514 g/mol. The first-order valence-corrected chi connectivity index (χ1v) is 12.0. The van der Waals surface area contributed by atoms with Crippen LogP contribution in [0, 0.1) is 12.7 Å². The number of nitrogens with zero attached hydrogens (tertiary/aromatic N) is 4. The molecule has 0 spiro atoms. The van der Waals surface area contributed by atoms with Gasteiger partial charge in [-0.3, -0.25) is 19.6 Å². The number of benzene rings is 2. The van der Waals surface area contributed by atoms with Crippen LogP contribution >= 0.6 is 11.6 Å².